The molecule has 0 aliphatic carbocycles. The molecular formula is C13H12ClN3O. The van der Waals surface area contributed by atoms with Gasteiger partial charge in [0, 0.05) is 19.0 Å². The van der Waals surface area contributed by atoms with Crippen LogP contribution in [0.3, 0.4) is 0 Å². The van der Waals surface area contributed by atoms with Gasteiger partial charge in [-0.3, -0.25) is 9.78 Å². The van der Waals surface area contributed by atoms with Gasteiger partial charge in [-0.05, 0) is 19.1 Å². The predicted octanol–water partition coefficient (Wildman–Crippen LogP) is 2.08. The Balaban J connectivity index is 2.24. The van der Waals surface area contributed by atoms with Crippen molar-refractivity contribution < 1.29 is 4.79 Å². The van der Waals surface area contributed by atoms with E-state index in [1.807, 2.05) is 0 Å². The average molecular weight is 262 g/mol. The van der Waals surface area contributed by atoms with Crippen LogP contribution in [0.15, 0.2) is 23.4 Å². The van der Waals surface area contributed by atoms with E-state index in [0.717, 1.165) is 11.4 Å². The van der Waals surface area contributed by atoms with Gasteiger partial charge in [-0.1, -0.05) is 17.5 Å². The summed E-state index contributed by atoms with van der Waals surface area (Å²) >= 11 is 5.79. The number of aromatic nitrogens is 1. The lowest BCUT2D eigenvalue weighted by Gasteiger charge is -2.21. The number of hydrogen-bond acceptors (Lipinski definition) is 3. The van der Waals surface area contributed by atoms with E-state index in [2.05, 4.69) is 21.9 Å². The lowest BCUT2D eigenvalue weighted by Crippen LogP contribution is -2.32. The smallest absolute Gasteiger partial charge is 0.243 e. The zero-order chi connectivity index (χ0) is 13.0. The van der Waals surface area contributed by atoms with Crippen LogP contribution in [0.1, 0.15) is 25.5 Å². The van der Waals surface area contributed by atoms with Crippen LogP contribution in [0.4, 0.5) is 0 Å². The Morgan fingerprint density at radius 1 is 1.44 bits per heavy atom. The Labute approximate surface area is 111 Å². The van der Waals surface area contributed by atoms with Crippen molar-refractivity contribution >= 4 is 23.2 Å². The quantitative estimate of drug-likeness (QED) is 0.765. The minimum Gasteiger partial charge on any atom is -0.273 e. The molecule has 0 N–H and O–H groups in total. The third-order valence-electron chi connectivity index (χ3n) is 2.53. The van der Waals surface area contributed by atoms with Gasteiger partial charge in [0.05, 0.1) is 16.4 Å². The zero-order valence-corrected chi connectivity index (χ0v) is 10.7. The lowest BCUT2D eigenvalue weighted by atomic mass is 10.1. The van der Waals surface area contributed by atoms with Gasteiger partial charge in [-0.15, -0.1) is 5.92 Å². The largest absolute Gasteiger partial charge is 0.273 e. The number of rotatable bonds is 2. The van der Waals surface area contributed by atoms with Gasteiger partial charge < -0.3 is 0 Å². The summed E-state index contributed by atoms with van der Waals surface area (Å²) in [4.78, 5) is 15.8. The fraction of sp³-hybridized carbons (Fsp3) is 0.308. The van der Waals surface area contributed by atoms with E-state index >= 15 is 0 Å². The molecule has 18 heavy (non-hydrogen) atoms. The molecule has 1 aliphatic rings. The zero-order valence-electron chi connectivity index (χ0n) is 9.98. The van der Waals surface area contributed by atoms with Crippen LogP contribution in [0, 0.1) is 11.8 Å². The third-order valence-corrected chi connectivity index (χ3v) is 2.76. The molecule has 0 atom stereocenters. The summed E-state index contributed by atoms with van der Waals surface area (Å²) in [5, 5.41) is 6.27. The summed E-state index contributed by atoms with van der Waals surface area (Å²) < 4.78 is 0. The van der Waals surface area contributed by atoms with Crippen LogP contribution in [-0.2, 0) is 4.79 Å². The van der Waals surface area contributed by atoms with Gasteiger partial charge in [0.15, 0.2) is 0 Å². The summed E-state index contributed by atoms with van der Waals surface area (Å²) in [6, 6.07) is 3.57. The molecular weight excluding hydrogens is 250 g/mol. The number of halogens is 1. The van der Waals surface area contributed by atoms with Gasteiger partial charge in [0.1, 0.15) is 6.54 Å². The van der Waals surface area contributed by atoms with Gasteiger partial charge in [-0.2, -0.15) is 5.10 Å². The number of carbonyl (C=O) groups is 1. The molecule has 1 aliphatic heterocycles. The maximum atomic E-state index is 11.6. The first-order valence-corrected chi connectivity index (χ1v) is 5.98. The Kier molecular flexibility index (Phi) is 3.96. The maximum Gasteiger partial charge on any atom is 0.243 e. The maximum absolute atomic E-state index is 11.6. The summed E-state index contributed by atoms with van der Waals surface area (Å²) in [7, 11) is 0. The molecule has 92 valence electrons. The molecule has 0 bridgehead atoms. The molecule has 2 heterocycles. The fourth-order valence-corrected chi connectivity index (χ4v) is 1.72. The second-order valence-corrected chi connectivity index (χ2v) is 4.22. The normalized spacial score (nSPS) is 14.9. The molecule has 2 rings (SSSR count). The highest BCUT2D eigenvalue weighted by molar-refractivity contribution is 6.30. The van der Waals surface area contributed by atoms with Crippen molar-refractivity contribution in [2.75, 3.05) is 6.54 Å². The van der Waals surface area contributed by atoms with Crippen LogP contribution < -0.4 is 0 Å². The highest BCUT2D eigenvalue weighted by Crippen LogP contribution is 2.15. The van der Waals surface area contributed by atoms with Gasteiger partial charge in [-0.25, -0.2) is 5.01 Å². The molecule has 5 heteroatoms. The summed E-state index contributed by atoms with van der Waals surface area (Å²) in [5.74, 6) is 5.58. The SMILES string of the molecule is CC#CCN1N=C(c2ccc(Cl)cn2)CCC1=O. The summed E-state index contributed by atoms with van der Waals surface area (Å²) in [5.41, 5.74) is 1.55. The van der Waals surface area contributed by atoms with Crippen molar-refractivity contribution in [1.29, 1.82) is 0 Å². The Morgan fingerprint density at radius 2 is 2.28 bits per heavy atom. The first-order chi connectivity index (χ1) is 8.70. The lowest BCUT2D eigenvalue weighted by molar-refractivity contribution is -0.131. The predicted molar refractivity (Wildman–Crippen MR) is 70.2 cm³/mol. The molecule has 0 radical (unpaired) electrons. The molecule has 4 nitrogen and oxygen atoms in total. The van der Waals surface area contributed by atoms with E-state index in [0.29, 0.717) is 24.4 Å². The van der Waals surface area contributed by atoms with E-state index in [1.165, 1.54) is 5.01 Å². The van der Waals surface area contributed by atoms with Crippen molar-refractivity contribution in [3.8, 4) is 11.8 Å². The monoisotopic (exact) mass is 261 g/mol. The minimum atomic E-state index is -0.00420. The molecule has 0 fully saturated rings. The Bertz CT molecular complexity index is 540. The van der Waals surface area contributed by atoms with Gasteiger partial charge in [0.2, 0.25) is 5.91 Å². The second-order valence-electron chi connectivity index (χ2n) is 3.79. The molecule has 0 aromatic carbocycles. The highest BCUT2D eigenvalue weighted by atomic mass is 35.5. The molecule has 0 spiro atoms. The van der Waals surface area contributed by atoms with Crippen LogP contribution in [0.2, 0.25) is 5.02 Å². The Morgan fingerprint density at radius 3 is 2.94 bits per heavy atom. The van der Waals surface area contributed by atoms with Gasteiger partial charge in [0.25, 0.3) is 0 Å². The standard InChI is InChI=1S/C13H12ClN3O/c1-2-3-8-17-13(18)7-6-12(16-17)11-5-4-10(14)9-15-11/h4-5,9H,6-8H2,1H3. The van der Waals surface area contributed by atoms with Crippen LogP contribution in [0.25, 0.3) is 0 Å². The van der Waals surface area contributed by atoms with Crippen LogP contribution in [-0.4, -0.2) is 28.2 Å². The van der Waals surface area contributed by atoms with Crippen LogP contribution >= 0.6 is 11.6 Å². The minimum absolute atomic E-state index is 0.00420. The average Bonchev–Trinajstić information content (AvgIpc) is 2.39. The van der Waals surface area contributed by atoms with E-state index in [1.54, 1.807) is 25.3 Å². The number of pyridine rings is 1. The van der Waals surface area contributed by atoms with Crippen molar-refractivity contribution in [2.45, 2.75) is 19.8 Å². The topological polar surface area (TPSA) is 45.6 Å². The summed E-state index contributed by atoms with van der Waals surface area (Å²) in [6.07, 6.45) is 2.62. The van der Waals surface area contributed by atoms with E-state index in [4.69, 9.17) is 11.6 Å². The molecule has 1 aromatic rings. The highest BCUT2D eigenvalue weighted by Gasteiger charge is 2.20. The van der Waals surface area contributed by atoms with E-state index in [9.17, 15) is 4.79 Å². The molecule has 0 saturated carbocycles. The van der Waals surface area contributed by atoms with Crippen molar-refractivity contribution in [2.24, 2.45) is 5.10 Å². The van der Waals surface area contributed by atoms with Crippen molar-refractivity contribution in [3.63, 3.8) is 0 Å². The second kappa shape index (κ2) is 5.65. The molecule has 0 unspecified atom stereocenters. The first kappa shape index (κ1) is 12.6. The number of nitrogens with zero attached hydrogens (tertiary/aromatic N) is 3. The fourth-order valence-electron chi connectivity index (χ4n) is 1.61. The van der Waals surface area contributed by atoms with Crippen LogP contribution in [0.5, 0.6) is 0 Å². The number of amides is 1. The molecule has 1 amide bonds. The van der Waals surface area contributed by atoms with E-state index in [-0.39, 0.29) is 5.91 Å². The molecule has 1 aromatic heterocycles. The summed E-state index contributed by atoms with van der Waals surface area (Å²) in [6.45, 7) is 2.06. The van der Waals surface area contributed by atoms with E-state index < -0.39 is 0 Å². The van der Waals surface area contributed by atoms with Gasteiger partial charge >= 0.3 is 0 Å². The Hall–Kier alpha value is -1.86. The first-order valence-electron chi connectivity index (χ1n) is 5.60. The number of carbonyl (C=O) groups excluding carboxylic acids is 1. The molecule has 0 saturated heterocycles. The number of hydrogen-bond donors (Lipinski definition) is 0. The van der Waals surface area contributed by atoms with Crippen molar-refractivity contribution in [3.05, 3.63) is 29.0 Å². The number of hydrazone groups is 1. The van der Waals surface area contributed by atoms with Crippen molar-refractivity contribution in [1.82, 2.24) is 9.99 Å². The third kappa shape index (κ3) is 2.88.